The smallest absolute Gasteiger partial charge is 0.341 e. The lowest BCUT2D eigenvalue weighted by Gasteiger charge is -2.23. The van der Waals surface area contributed by atoms with Crippen LogP contribution in [0.2, 0.25) is 0 Å². The van der Waals surface area contributed by atoms with E-state index >= 15 is 0 Å². The first-order valence-corrected chi connectivity index (χ1v) is 8.40. The van der Waals surface area contributed by atoms with Crippen LogP contribution in [0.25, 0.3) is 0 Å². The molecule has 0 radical (unpaired) electrons. The lowest BCUT2D eigenvalue weighted by atomic mass is 10.2. The molecule has 0 spiro atoms. The molecule has 1 unspecified atom stereocenters. The number of halogens is 2. The van der Waals surface area contributed by atoms with Crippen molar-refractivity contribution < 1.29 is 17.2 Å². The maximum Gasteiger partial charge on any atom is 0.341 e. The number of hydrogen-bond donors (Lipinski definition) is 1. The average molecular weight is 320 g/mol. The van der Waals surface area contributed by atoms with Gasteiger partial charge in [0.1, 0.15) is 0 Å². The summed E-state index contributed by atoms with van der Waals surface area (Å²) in [7, 11) is -2.48. The summed E-state index contributed by atoms with van der Waals surface area (Å²) in [6.45, 7) is 5.80. The molecule has 0 fully saturated rings. The molecule has 0 saturated carbocycles. The zero-order valence-corrected chi connectivity index (χ0v) is 13.3. The fourth-order valence-corrected chi connectivity index (χ4v) is 2.50. The van der Waals surface area contributed by atoms with Crippen molar-refractivity contribution in [3.05, 3.63) is 24.3 Å². The topological polar surface area (TPSA) is 49.4 Å². The Morgan fingerprint density at radius 1 is 1.24 bits per heavy atom. The summed E-state index contributed by atoms with van der Waals surface area (Å²) in [5, 5.41) is 3.14. The third kappa shape index (κ3) is 4.93. The van der Waals surface area contributed by atoms with Crippen LogP contribution >= 0.6 is 0 Å². The molecule has 21 heavy (non-hydrogen) atoms. The van der Waals surface area contributed by atoms with Crippen molar-refractivity contribution in [1.82, 2.24) is 4.90 Å². The molecule has 0 amide bonds. The van der Waals surface area contributed by atoms with Gasteiger partial charge >= 0.3 is 5.76 Å². The second-order valence-electron chi connectivity index (χ2n) is 4.99. The van der Waals surface area contributed by atoms with Crippen molar-refractivity contribution >= 4 is 15.5 Å². The maximum absolute atomic E-state index is 12.4. The second-order valence-corrected chi connectivity index (χ2v) is 6.91. The number of sulfone groups is 1. The van der Waals surface area contributed by atoms with Gasteiger partial charge in [-0.3, -0.25) is 0 Å². The number of likely N-dealkylation sites (N-methyl/N-ethyl adjacent to an activating group) is 1. The molecule has 0 aliphatic heterocycles. The molecular formula is C14H22F2N2O2S. The zero-order chi connectivity index (χ0) is 16.0. The average Bonchev–Trinajstić information content (AvgIpc) is 2.46. The van der Waals surface area contributed by atoms with Gasteiger partial charge < -0.3 is 10.2 Å². The van der Waals surface area contributed by atoms with E-state index in [4.69, 9.17) is 0 Å². The minimum absolute atomic E-state index is 0.361. The summed E-state index contributed by atoms with van der Waals surface area (Å²) in [6.07, 6.45) is 1.07. The summed E-state index contributed by atoms with van der Waals surface area (Å²) in [5.74, 6) is -3.39. The maximum atomic E-state index is 12.4. The molecule has 0 heterocycles. The summed E-state index contributed by atoms with van der Waals surface area (Å²) in [6, 6.07) is 5.88. The van der Waals surface area contributed by atoms with Crippen LogP contribution in [0, 0.1) is 0 Å². The van der Waals surface area contributed by atoms with E-state index in [1.54, 1.807) is 0 Å². The molecule has 1 atom stereocenters. The van der Waals surface area contributed by atoms with Crippen LogP contribution in [0.3, 0.4) is 0 Å². The number of benzene rings is 1. The zero-order valence-electron chi connectivity index (χ0n) is 12.5. The van der Waals surface area contributed by atoms with Gasteiger partial charge in [0.2, 0.25) is 9.84 Å². The third-order valence-electron chi connectivity index (χ3n) is 3.55. The molecule has 0 saturated heterocycles. The molecular weight excluding hydrogens is 298 g/mol. The van der Waals surface area contributed by atoms with E-state index in [0.29, 0.717) is 18.3 Å². The van der Waals surface area contributed by atoms with E-state index < -0.39 is 15.6 Å². The normalized spacial score (nSPS) is 13.7. The van der Waals surface area contributed by atoms with Crippen LogP contribution in [0.1, 0.15) is 20.3 Å². The molecule has 0 bridgehead atoms. The minimum atomic E-state index is -4.51. The van der Waals surface area contributed by atoms with Crippen molar-refractivity contribution in [3.63, 3.8) is 0 Å². The molecule has 1 aromatic carbocycles. The highest BCUT2D eigenvalue weighted by molar-refractivity contribution is 7.91. The van der Waals surface area contributed by atoms with Gasteiger partial charge in [0.25, 0.3) is 0 Å². The van der Waals surface area contributed by atoms with Gasteiger partial charge in [-0.15, -0.1) is 0 Å². The second kappa shape index (κ2) is 7.70. The van der Waals surface area contributed by atoms with Crippen LogP contribution in [0.15, 0.2) is 29.2 Å². The van der Waals surface area contributed by atoms with Gasteiger partial charge in [-0.25, -0.2) is 8.42 Å². The molecule has 7 heteroatoms. The predicted molar refractivity (Wildman–Crippen MR) is 80.5 cm³/mol. The van der Waals surface area contributed by atoms with Crippen molar-refractivity contribution in [1.29, 1.82) is 0 Å². The quantitative estimate of drug-likeness (QED) is 0.800. The van der Waals surface area contributed by atoms with Gasteiger partial charge in [0.05, 0.1) is 4.90 Å². The number of anilines is 1. The van der Waals surface area contributed by atoms with Crippen LogP contribution in [0.5, 0.6) is 0 Å². The van der Waals surface area contributed by atoms with Crippen molar-refractivity contribution in [2.45, 2.75) is 37.0 Å². The lowest BCUT2D eigenvalue weighted by molar-refractivity contribution is 0.234. The molecule has 0 aliphatic carbocycles. The van der Waals surface area contributed by atoms with E-state index in [1.807, 2.05) is 7.05 Å². The van der Waals surface area contributed by atoms with Crippen molar-refractivity contribution in [2.75, 3.05) is 25.5 Å². The lowest BCUT2D eigenvalue weighted by Crippen LogP contribution is -2.32. The van der Waals surface area contributed by atoms with Crippen molar-refractivity contribution in [3.8, 4) is 0 Å². The minimum Gasteiger partial charge on any atom is -0.384 e. The Labute approximate surface area is 125 Å². The Balaban J connectivity index is 2.56. The SMILES string of the molecule is CCC(C)N(C)CCNc1ccc(S(=O)(=O)C(F)F)cc1. The number of alkyl halides is 2. The molecule has 4 nitrogen and oxygen atoms in total. The van der Waals surface area contributed by atoms with Gasteiger partial charge in [-0.1, -0.05) is 6.92 Å². The molecule has 0 aliphatic rings. The van der Waals surface area contributed by atoms with Crippen molar-refractivity contribution in [2.24, 2.45) is 0 Å². The molecule has 1 N–H and O–H groups in total. The van der Waals surface area contributed by atoms with Gasteiger partial charge in [0, 0.05) is 24.8 Å². The first-order valence-electron chi connectivity index (χ1n) is 6.85. The monoisotopic (exact) mass is 320 g/mol. The molecule has 0 aromatic heterocycles. The summed E-state index contributed by atoms with van der Waals surface area (Å²) in [5.41, 5.74) is 0.709. The summed E-state index contributed by atoms with van der Waals surface area (Å²) >= 11 is 0. The highest BCUT2D eigenvalue weighted by Gasteiger charge is 2.26. The van der Waals surface area contributed by atoms with Gasteiger partial charge in [0.15, 0.2) is 0 Å². The summed E-state index contributed by atoms with van der Waals surface area (Å²) in [4.78, 5) is 1.85. The molecule has 120 valence electrons. The van der Waals surface area contributed by atoms with Crippen LogP contribution in [-0.2, 0) is 9.84 Å². The molecule has 1 rings (SSSR count). The highest BCUT2D eigenvalue weighted by atomic mass is 32.2. The Hall–Kier alpha value is -1.21. The van der Waals surface area contributed by atoms with Gasteiger partial charge in [-0.05, 0) is 44.7 Å². The Kier molecular flexibility index (Phi) is 6.54. The third-order valence-corrected chi connectivity index (χ3v) is 4.95. The highest BCUT2D eigenvalue weighted by Crippen LogP contribution is 2.20. The number of hydrogen-bond acceptors (Lipinski definition) is 4. The van der Waals surface area contributed by atoms with E-state index in [1.165, 1.54) is 24.3 Å². The standard InChI is InChI=1S/C14H22F2N2O2S/c1-4-11(2)18(3)10-9-17-12-5-7-13(8-6-12)21(19,20)14(15)16/h5-8,11,14,17H,4,9-10H2,1-3H3. The van der Waals surface area contributed by atoms with E-state index in [-0.39, 0.29) is 4.90 Å². The number of rotatable bonds is 8. The van der Waals surface area contributed by atoms with E-state index in [9.17, 15) is 17.2 Å². The van der Waals surface area contributed by atoms with Crippen LogP contribution in [-0.4, -0.2) is 45.3 Å². The predicted octanol–water partition coefficient (Wildman–Crippen LogP) is 2.83. The van der Waals surface area contributed by atoms with Crippen LogP contribution < -0.4 is 5.32 Å². The van der Waals surface area contributed by atoms with Gasteiger partial charge in [-0.2, -0.15) is 8.78 Å². The fourth-order valence-electron chi connectivity index (χ4n) is 1.77. The fraction of sp³-hybridized carbons (Fsp3) is 0.571. The Bertz CT molecular complexity index is 532. The first kappa shape index (κ1) is 17.8. The molecule has 1 aromatic rings. The van der Waals surface area contributed by atoms with E-state index in [0.717, 1.165) is 13.0 Å². The largest absolute Gasteiger partial charge is 0.384 e. The first-order chi connectivity index (χ1) is 9.78. The summed E-state index contributed by atoms with van der Waals surface area (Å²) < 4.78 is 47.3. The number of nitrogens with zero attached hydrogens (tertiary/aromatic N) is 1. The Morgan fingerprint density at radius 3 is 2.29 bits per heavy atom. The van der Waals surface area contributed by atoms with Crippen LogP contribution in [0.4, 0.5) is 14.5 Å². The number of nitrogens with one attached hydrogen (secondary N) is 1. The van der Waals surface area contributed by atoms with E-state index in [2.05, 4.69) is 24.1 Å². The Morgan fingerprint density at radius 2 is 1.81 bits per heavy atom.